The fourth-order valence-corrected chi connectivity index (χ4v) is 1.57. The van der Waals surface area contributed by atoms with Crippen molar-refractivity contribution in [1.29, 1.82) is 0 Å². The van der Waals surface area contributed by atoms with Crippen LogP contribution in [-0.4, -0.2) is 19.7 Å². The SMILES string of the molecule is CC(C)CNCCCOc1ccc(Br)cc1. The van der Waals surface area contributed by atoms with Crippen LogP contribution in [0.25, 0.3) is 0 Å². The zero-order chi connectivity index (χ0) is 11.8. The molecule has 1 N–H and O–H groups in total. The number of halogens is 1. The predicted molar refractivity (Wildman–Crippen MR) is 72.0 cm³/mol. The Bertz CT molecular complexity index is 284. The summed E-state index contributed by atoms with van der Waals surface area (Å²) in [4.78, 5) is 0. The molecule has 0 aliphatic carbocycles. The standard InChI is InChI=1S/C13H20BrNO/c1-11(2)10-15-8-3-9-16-13-6-4-12(14)5-7-13/h4-7,11,15H,3,8-10H2,1-2H3. The molecule has 0 bridgehead atoms. The Morgan fingerprint density at radius 3 is 2.56 bits per heavy atom. The van der Waals surface area contributed by atoms with Gasteiger partial charge in [-0.2, -0.15) is 0 Å². The van der Waals surface area contributed by atoms with Gasteiger partial charge in [0.05, 0.1) is 6.61 Å². The van der Waals surface area contributed by atoms with Gasteiger partial charge in [-0.1, -0.05) is 29.8 Å². The van der Waals surface area contributed by atoms with Crippen molar-refractivity contribution in [3.8, 4) is 5.75 Å². The molecule has 0 spiro atoms. The summed E-state index contributed by atoms with van der Waals surface area (Å²) < 4.78 is 6.69. The van der Waals surface area contributed by atoms with Crippen LogP contribution in [0.5, 0.6) is 5.75 Å². The maximum atomic E-state index is 5.61. The van der Waals surface area contributed by atoms with Crippen molar-refractivity contribution < 1.29 is 4.74 Å². The normalized spacial score (nSPS) is 10.8. The summed E-state index contributed by atoms with van der Waals surface area (Å²) in [5, 5.41) is 3.39. The summed E-state index contributed by atoms with van der Waals surface area (Å²) in [5.74, 6) is 1.65. The monoisotopic (exact) mass is 285 g/mol. The van der Waals surface area contributed by atoms with Crippen molar-refractivity contribution in [3.05, 3.63) is 28.7 Å². The quantitative estimate of drug-likeness (QED) is 0.775. The smallest absolute Gasteiger partial charge is 0.119 e. The molecule has 0 saturated carbocycles. The molecular weight excluding hydrogens is 266 g/mol. The Morgan fingerprint density at radius 1 is 1.25 bits per heavy atom. The maximum Gasteiger partial charge on any atom is 0.119 e. The van der Waals surface area contributed by atoms with E-state index in [0.29, 0.717) is 5.92 Å². The van der Waals surface area contributed by atoms with Crippen LogP contribution in [-0.2, 0) is 0 Å². The van der Waals surface area contributed by atoms with Gasteiger partial charge in [0, 0.05) is 4.47 Å². The second kappa shape index (κ2) is 7.69. The second-order valence-corrected chi connectivity index (χ2v) is 5.17. The highest BCUT2D eigenvalue weighted by atomic mass is 79.9. The van der Waals surface area contributed by atoms with Gasteiger partial charge in [0.15, 0.2) is 0 Å². The van der Waals surface area contributed by atoms with Gasteiger partial charge in [0.1, 0.15) is 5.75 Å². The third-order valence-electron chi connectivity index (χ3n) is 2.13. The Hall–Kier alpha value is -0.540. The van der Waals surface area contributed by atoms with Gasteiger partial charge in [0.25, 0.3) is 0 Å². The van der Waals surface area contributed by atoms with Crippen molar-refractivity contribution >= 4 is 15.9 Å². The van der Waals surface area contributed by atoms with Gasteiger partial charge in [-0.25, -0.2) is 0 Å². The van der Waals surface area contributed by atoms with Gasteiger partial charge in [-0.05, 0) is 49.7 Å². The fourth-order valence-electron chi connectivity index (χ4n) is 1.31. The molecule has 0 saturated heterocycles. The van der Waals surface area contributed by atoms with E-state index in [2.05, 4.69) is 35.1 Å². The number of hydrogen-bond acceptors (Lipinski definition) is 2. The molecule has 0 unspecified atom stereocenters. The highest BCUT2D eigenvalue weighted by Gasteiger charge is 1.95. The van der Waals surface area contributed by atoms with Crippen LogP contribution in [0.15, 0.2) is 28.7 Å². The van der Waals surface area contributed by atoms with Crippen LogP contribution in [0.2, 0.25) is 0 Å². The minimum Gasteiger partial charge on any atom is -0.494 e. The molecule has 0 atom stereocenters. The van der Waals surface area contributed by atoms with Crippen LogP contribution >= 0.6 is 15.9 Å². The van der Waals surface area contributed by atoms with Crippen LogP contribution in [0.3, 0.4) is 0 Å². The number of benzene rings is 1. The topological polar surface area (TPSA) is 21.3 Å². The molecule has 1 aromatic carbocycles. The molecule has 2 nitrogen and oxygen atoms in total. The van der Waals surface area contributed by atoms with E-state index in [1.54, 1.807) is 0 Å². The van der Waals surface area contributed by atoms with E-state index >= 15 is 0 Å². The zero-order valence-electron chi connectivity index (χ0n) is 10.0. The predicted octanol–water partition coefficient (Wildman–Crippen LogP) is 3.46. The molecule has 0 aliphatic heterocycles. The molecule has 0 heterocycles. The zero-order valence-corrected chi connectivity index (χ0v) is 11.6. The summed E-state index contributed by atoms with van der Waals surface area (Å²) in [6.45, 7) is 7.30. The van der Waals surface area contributed by atoms with E-state index in [4.69, 9.17) is 4.74 Å². The molecule has 1 rings (SSSR count). The van der Waals surface area contributed by atoms with Gasteiger partial charge >= 0.3 is 0 Å². The fraction of sp³-hybridized carbons (Fsp3) is 0.538. The van der Waals surface area contributed by atoms with Gasteiger partial charge in [-0.15, -0.1) is 0 Å². The second-order valence-electron chi connectivity index (χ2n) is 4.25. The summed E-state index contributed by atoms with van der Waals surface area (Å²) in [6, 6.07) is 7.94. The van der Waals surface area contributed by atoms with Crippen molar-refractivity contribution in [1.82, 2.24) is 5.32 Å². The Labute approximate surface area is 107 Å². The third-order valence-corrected chi connectivity index (χ3v) is 2.66. The lowest BCUT2D eigenvalue weighted by atomic mass is 10.2. The highest BCUT2D eigenvalue weighted by Crippen LogP contribution is 2.15. The van der Waals surface area contributed by atoms with Crippen LogP contribution in [0.4, 0.5) is 0 Å². The molecule has 0 radical (unpaired) electrons. The van der Waals surface area contributed by atoms with Gasteiger partial charge in [0.2, 0.25) is 0 Å². The maximum absolute atomic E-state index is 5.61. The highest BCUT2D eigenvalue weighted by molar-refractivity contribution is 9.10. The molecule has 0 amide bonds. The Kier molecular flexibility index (Phi) is 6.50. The van der Waals surface area contributed by atoms with E-state index < -0.39 is 0 Å². The first kappa shape index (κ1) is 13.5. The van der Waals surface area contributed by atoms with Crippen LogP contribution in [0, 0.1) is 5.92 Å². The van der Waals surface area contributed by atoms with Crippen molar-refractivity contribution in [2.75, 3.05) is 19.7 Å². The largest absolute Gasteiger partial charge is 0.494 e. The van der Waals surface area contributed by atoms with Crippen molar-refractivity contribution in [2.45, 2.75) is 20.3 Å². The minimum atomic E-state index is 0.715. The van der Waals surface area contributed by atoms with Crippen molar-refractivity contribution in [2.24, 2.45) is 5.92 Å². The Morgan fingerprint density at radius 2 is 1.94 bits per heavy atom. The molecule has 3 heteroatoms. The molecule has 16 heavy (non-hydrogen) atoms. The summed E-state index contributed by atoms with van der Waals surface area (Å²) in [7, 11) is 0. The lowest BCUT2D eigenvalue weighted by Crippen LogP contribution is -2.22. The third kappa shape index (κ3) is 6.13. The summed E-state index contributed by atoms with van der Waals surface area (Å²) >= 11 is 3.40. The van der Waals surface area contributed by atoms with E-state index in [1.165, 1.54) is 0 Å². The van der Waals surface area contributed by atoms with Crippen LogP contribution < -0.4 is 10.1 Å². The molecule has 0 aromatic heterocycles. The molecule has 1 aromatic rings. The van der Waals surface area contributed by atoms with E-state index in [0.717, 1.165) is 36.3 Å². The number of rotatable bonds is 7. The molecule has 90 valence electrons. The minimum absolute atomic E-state index is 0.715. The van der Waals surface area contributed by atoms with Gasteiger partial charge in [-0.3, -0.25) is 0 Å². The first-order valence-corrected chi connectivity index (χ1v) is 6.57. The van der Waals surface area contributed by atoms with Crippen LogP contribution in [0.1, 0.15) is 20.3 Å². The Balaban J connectivity index is 2.05. The molecule has 0 aliphatic rings. The first-order valence-electron chi connectivity index (χ1n) is 5.77. The van der Waals surface area contributed by atoms with Crippen molar-refractivity contribution in [3.63, 3.8) is 0 Å². The first-order chi connectivity index (χ1) is 7.68. The number of ether oxygens (including phenoxy) is 1. The average Bonchev–Trinajstić information content (AvgIpc) is 2.25. The summed E-state index contributed by atoms with van der Waals surface area (Å²) in [5.41, 5.74) is 0. The van der Waals surface area contributed by atoms with E-state index in [1.807, 2.05) is 24.3 Å². The number of hydrogen-bond donors (Lipinski definition) is 1. The lowest BCUT2D eigenvalue weighted by Gasteiger charge is -2.08. The average molecular weight is 286 g/mol. The number of nitrogens with one attached hydrogen (secondary N) is 1. The lowest BCUT2D eigenvalue weighted by molar-refractivity contribution is 0.307. The molecule has 0 fully saturated rings. The van der Waals surface area contributed by atoms with E-state index in [-0.39, 0.29) is 0 Å². The van der Waals surface area contributed by atoms with E-state index in [9.17, 15) is 0 Å². The molecular formula is C13H20BrNO. The van der Waals surface area contributed by atoms with Gasteiger partial charge < -0.3 is 10.1 Å². The summed E-state index contributed by atoms with van der Waals surface area (Å²) in [6.07, 6.45) is 1.04.